The fraction of sp³-hybridized carbons (Fsp3) is 0.750. The topological polar surface area (TPSA) is 29.9 Å². The lowest BCUT2D eigenvalue weighted by molar-refractivity contribution is 0.258. The highest BCUT2D eigenvalue weighted by Gasteiger charge is 2.28. The predicted molar refractivity (Wildman–Crippen MR) is 63.7 cm³/mol. The van der Waals surface area contributed by atoms with Gasteiger partial charge in [0, 0.05) is 19.4 Å². The van der Waals surface area contributed by atoms with Gasteiger partial charge < -0.3 is 9.88 Å². The van der Waals surface area contributed by atoms with Crippen LogP contribution >= 0.6 is 0 Å². The molecule has 0 fully saturated rings. The van der Waals surface area contributed by atoms with Crippen molar-refractivity contribution in [3.05, 3.63) is 18.2 Å². The van der Waals surface area contributed by atoms with Crippen molar-refractivity contribution in [2.75, 3.05) is 6.54 Å². The maximum absolute atomic E-state index is 4.44. The first kappa shape index (κ1) is 12.2. The van der Waals surface area contributed by atoms with Gasteiger partial charge >= 0.3 is 0 Å². The SMILES string of the molecule is CCCNC(c1nccn1C)C(C)(C)C. The van der Waals surface area contributed by atoms with Crippen LogP contribution in [0.15, 0.2) is 12.4 Å². The van der Waals surface area contributed by atoms with Crippen LogP contribution in [-0.4, -0.2) is 16.1 Å². The van der Waals surface area contributed by atoms with Crippen LogP contribution in [0.5, 0.6) is 0 Å². The Morgan fingerprint density at radius 3 is 2.53 bits per heavy atom. The van der Waals surface area contributed by atoms with E-state index in [1.165, 1.54) is 0 Å². The van der Waals surface area contributed by atoms with Crippen LogP contribution in [-0.2, 0) is 7.05 Å². The number of rotatable bonds is 4. The average Bonchev–Trinajstić information content (AvgIpc) is 2.51. The molecule has 15 heavy (non-hydrogen) atoms. The molecule has 0 amide bonds. The molecule has 86 valence electrons. The minimum absolute atomic E-state index is 0.189. The quantitative estimate of drug-likeness (QED) is 0.825. The van der Waals surface area contributed by atoms with E-state index in [4.69, 9.17) is 0 Å². The number of hydrogen-bond donors (Lipinski definition) is 1. The summed E-state index contributed by atoms with van der Waals surface area (Å²) in [6, 6.07) is 0.317. The van der Waals surface area contributed by atoms with Gasteiger partial charge in [0.2, 0.25) is 0 Å². The Labute approximate surface area is 92.9 Å². The molecule has 0 saturated carbocycles. The second kappa shape index (κ2) is 4.79. The minimum Gasteiger partial charge on any atom is -0.337 e. The molecule has 0 aliphatic heterocycles. The van der Waals surface area contributed by atoms with E-state index in [9.17, 15) is 0 Å². The second-order valence-electron chi connectivity index (χ2n) is 5.15. The van der Waals surface area contributed by atoms with Crippen molar-refractivity contribution >= 4 is 0 Å². The van der Waals surface area contributed by atoms with Crippen molar-refractivity contribution < 1.29 is 0 Å². The fourth-order valence-corrected chi connectivity index (χ4v) is 1.73. The average molecular weight is 209 g/mol. The molecule has 1 rings (SSSR count). The Bertz CT molecular complexity index is 296. The summed E-state index contributed by atoms with van der Waals surface area (Å²) < 4.78 is 2.10. The molecule has 1 aromatic heterocycles. The molecule has 0 radical (unpaired) electrons. The zero-order valence-corrected chi connectivity index (χ0v) is 10.5. The van der Waals surface area contributed by atoms with Crippen molar-refractivity contribution in [1.29, 1.82) is 0 Å². The van der Waals surface area contributed by atoms with Gasteiger partial charge in [0.05, 0.1) is 6.04 Å². The molecule has 3 nitrogen and oxygen atoms in total. The predicted octanol–water partition coefficient (Wildman–Crippen LogP) is 2.51. The fourth-order valence-electron chi connectivity index (χ4n) is 1.73. The molecule has 0 aromatic carbocycles. The van der Waals surface area contributed by atoms with Crippen molar-refractivity contribution in [3.8, 4) is 0 Å². The molecule has 0 aliphatic carbocycles. The zero-order valence-electron chi connectivity index (χ0n) is 10.5. The number of nitrogens with one attached hydrogen (secondary N) is 1. The summed E-state index contributed by atoms with van der Waals surface area (Å²) in [7, 11) is 2.05. The Morgan fingerprint density at radius 2 is 2.13 bits per heavy atom. The third-order valence-corrected chi connectivity index (χ3v) is 2.58. The van der Waals surface area contributed by atoms with Gasteiger partial charge in [0.25, 0.3) is 0 Å². The molecule has 1 N–H and O–H groups in total. The first-order valence-corrected chi connectivity index (χ1v) is 5.67. The van der Waals surface area contributed by atoms with E-state index in [1.807, 2.05) is 12.4 Å². The van der Waals surface area contributed by atoms with E-state index >= 15 is 0 Å². The number of imidazole rings is 1. The maximum Gasteiger partial charge on any atom is 0.126 e. The van der Waals surface area contributed by atoms with Crippen molar-refractivity contribution in [1.82, 2.24) is 14.9 Å². The van der Waals surface area contributed by atoms with Gasteiger partial charge in [0.1, 0.15) is 5.82 Å². The van der Waals surface area contributed by atoms with Gasteiger partial charge in [-0.15, -0.1) is 0 Å². The first-order valence-electron chi connectivity index (χ1n) is 5.67. The summed E-state index contributed by atoms with van der Waals surface area (Å²) in [5.41, 5.74) is 0.189. The highest BCUT2D eigenvalue weighted by molar-refractivity contribution is 5.03. The van der Waals surface area contributed by atoms with E-state index in [-0.39, 0.29) is 5.41 Å². The Hall–Kier alpha value is -0.830. The molecule has 0 saturated heterocycles. The van der Waals surface area contributed by atoms with Crippen LogP contribution in [0, 0.1) is 5.41 Å². The Balaban J connectivity index is 2.87. The summed E-state index contributed by atoms with van der Waals surface area (Å²) in [6.07, 6.45) is 5.01. The van der Waals surface area contributed by atoms with Gasteiger partial charge in [-0.3, -0.25) is 0 Å². The number of aromatic nitrogens is 2. The Morgan fingerprint density at radius 1 is 1.47 bits per heavy atom. The summed E-state index contributed by atoms with van der Waals surface area (Å²) >= 11 is 0. The molecule has 0 spiro atoms. The molecular weight excluding hydrogens is 186 g/mol. The van der Waals surface area contributed by atoms with E-state index < -0.39 is 0 Å². The van der Waals surface area contributed by atoms with Crippen LogP contribution in [0.3, 0.4) is 0 Å². The van der Waals surface area contributed by atoms with Crippen molar-refractivity contribution in [2.45, 2.75) is 40.2 Å². The lowest BCUT2D eigenvalue weighted by Crippen LogP contribution is -2.34. The molecular formula is C12H23N3. The van der Waals surface area contributed by atoms with Crippen LogP contribution in [0.1, 0.15) is 46.0 Å². The zero-order chi connectivity index (χ0) is 11.5. The molecule has 1 heterocycles. The molecule has 1 aromatic rings. The minimum atomic E-state index is 0.189. The van der Waals surface area contributed by atoms with E-state index in [0.29, 0.717) is 6.04 Å². The summed E-state index contributed by atoms with van der Waals surface area (Å²) in [5, 5.41) is 3.57. The van der Waals surface area contributed by atoms with E-state index in [1.54, 1.807) is 0 Å². The van der Waals surface area contributed by atoms with Gasteiger partial charge in [-0.2, -0.15) is 0 Å². The highest BCUT2D eigenvalue weighted by Crippen LogP contribution is 2.31. The molecule has 1 unspecified atom stereocenters. The standard InChI is InChI=1S/C12H23N3/c1-6-7-13-10(12(2,3)4)11-14-8-9-15(11)5/h8-10,13H,6-7H2,1-5H3. The molecule has 1 atom stereocenters. The lowest BCUT2D eigenvalue weighted by Gasteiger charge is -2.31. The number of nitrogens with zero attached hydrogens (tertiary/aromatic N) is 2. The highest BCUT2D eigenvalue weighted by atomic mass is 15.1. The van der Waals surface area contributed by atoms with E-state index in [2.05, 4.69) is 49.6 Å². The van der Waals surface area contributed by atoms with Crippen LogP contribution < -0.4 is 5.32 Å². The lowest BCUT2D eigenvalue weighted by atomic mass is 9.86. The van der Waals surface area contributed by atoms with E-state index in [0.717, 1.165) is 18.8 Å². The summed E-state index contributed by atoms with van der Waals surface area (Å²) in [4.78, 5) is 4.44. The number of hydrogen-bond acceptors (Lipinski definition) is 2. The van der Waals surface area contributed by atoms with Gasteiger partial charge in [-0.1, -0.05) is 27.7 Å². The van der Waals surface area contributed by atoms with Crippen LogP contribution in [0.25, 0.3) is 0 Å². The molecule has 0 bridgehead atoms. The monoisotopic (exact) mass is 209 g/mol. The second-order valence-corrected chi connectivity index (χ2v) is 5.15. The number of aryl methyl sites for hydroxylation is 1. The third kappa shape index (κ3) is 3.06. The smallest absolute Gasteiger partial charge is 0.126 e. The molecule has 0 aliphatic rings. The largest absolute Gasteiger partial charge is 0.337 e. The summed E-state index contributed by atoms with van der Waals surface area (Å²) in [5.74, 6) is 1.12. The van der Waals surface area contributed by atoms with Crippen LogP contribution in [0.2, 0.25) is 0 Å². The van der Waals surface area contributed by atoms with Gasteiger partial charge in [-0.25, -0.2) is 4.98 Å². The first-order chi connectivity index (χ1) is 6.96. The third-order valence-electron chi connectivity index (χ3n) is 2.58. The summed E-state index contributed by atoms with van der Waals surface area (Å²) in [6.45, 7) is 9.96. The Kier molecular flexibility index (Phi) is 3.91. The van der Waals surface area contributed by atoms with Gasteiger partial charge in [0.15, 0.2) is 0 Å². The van der Waals surface area contributed by atoms with Crippen molar-refractivity contribution in [3.63, 3.8) is 0 Å². The van der Waals surface area contributed by atoms with Gasteiger partial charge in [-0.05, 0) is 18.4 Å². The van der Waals surface area contributed by atoms with Crippen molar-refractivity contribution in [2.24, 2.45) is 12.5 Å². The maximum atomic E-state index is 4.44. The van der Waals surface area contributed by atoms with Crippen LogP contribution in [0.4, 0.5) is 0 Å². The normalized spacial score (nSPS) is 14.2. The molecule has 3 heteroatoms.